The monoisotopic (exact) mass is 405 g/mol. The third kappa shape index (κ3) is 3.09. The minimum absolute atomic E-state index is 0.539. The van der Waals surface area contributed by atoms with E-state index >= 15 is 0 Å². The fourth-order valence-electron chi connectivity index (χ4n) is 3.44. The van der Waals surface area contributed by atoms with Crippen molar-refractivity contribution < 1.29 is 0 Å². The molecule has 2 heterocycles. The molecular weight excluding hydrogens is 389 g/mol. The van der Waals surface area contributed by atoms with Crippen molar-refractivity contribution in [1.82, 2.24) is 9.78 Å². The van der Waals surface area contributed by atoms with Crippen LogP contribution in [0.25, 0.3) is 16.9 Å². The van der Waals surface area contributed by atoms with Crippen molar-refractivity contribution in [1.29, 1.82) is 0 Å². The van der Waals surface area contributed by atoms with E-state index in [1.54, 1.807) is 6.07 Å². The summed E-state index contributed by atoms with van der Waals surface area (Å²) in [5.74, 6) is 1.03. The van der Waals surface area contributed by atoms with E-state index in [4.69, 9.17) is 39.9 Å². The predicted molar refractivity (Wildman–Crippen MR) is 110 cm³/mol. The number of fused-ring (bicyclic) bond motifs is 1. The summed E-state index contributed by atoms with van der Waals surface area (Å²) in [4.78, 5) is 0. The highest BCUT2D eigenvalue weighted by Crippen LogP contribution is 2.39. The highest BCUT2D eigenvalue weighted by Gasteiger charge is 2.24. The minimum Gasteiger partial charge on any atom is -0.370 e. The van der Waals surface area contributed by atoms with Crippen molar-refractivity contribution in [3.05, 3.63) is 62.6 Å². The van der Waals surface area contributed by atoms with Gasteiger partial charge in [-0.05, 0) is 56.0 Å². The van der Waals surface area contributed by atoms with Gasteiger partial charge in [-0.3, -0.25) is 0 Å². The minimum atomic E-state index is 0.539. The van der Waals surface area contributed by atoms with Crippen molar-refractivity contribution in [3.8, 4) is 16.9 Å². The summed E-state index contributed by atoms with van der Waals surface area (Å²) in [6.07, 6.45) is 3.18. The molecule has 26 heavy (non-hydrogen) atoms. The third-order valence-electron chi connectivity index (χ3n) is 4.72. The van der Waals surface area contributed by atoms with Gasteiger partial charge in [0, 0.05) is 22.7 Å². The molecule has 0 bridgehead atoms. The Morgan fingerprint density at radius 1 is 1.08 bits per heavy atom. The highest BCUT2D eigenvalue weighted by molar-refractivity contribution is 6.43. The number of nitrogens with zero attached hydrogens (tertiary/aromatic N) is 2. The van der Waals surface area contributed by atoms with Gasteiger partial charge in [0.25, 0.3) is 0 Å². The first-order valence-corrected chi connectivity index (χ1v) is 9.76. The predicted octanol–water partition coefficient (Wildman–Crippen LogP) is 6.56. The second-order valence-corrected chi connectivity index (χ2v) is 7.73. The maximum atomic E-state index is 6.50. The number of aryl methyl sites for hydroxylation is 1. The molecule has 4 rings (SSSR count). The van der Waals surface area contributed by atoms with Crippen LogP contribution in [0.3, 0.4) is 0 Å². The lowest BCUT2D eigenvalue weighted by atomic mass is 10.0. The number of anilines is 1. The van der Waals surface area contributed by atoms with E-state index in [-0.39, 0.29) is 0 Å². The second-order valence-electron chi connectivity index (χ2n) is 6.50. The van der Waals surface area contributed by atoms with E-state index in [2.05, 4.69) is 5.32 Å². The topological polar surface area (TPSA) is 29.9 Å². The van der Waals surface area contributed by atoms with Gasteiger partial charge in [0.05, 0.1) is 21.4 Å². The molecule has 0 aliphatic carbocycles. The quantitative estimate of drug-likeness (QED) is 0.522. The van der Waals surface area contributed by atoms with Crippen molar-refractivity contribution >= 4 is 40.6 Å². The Labute approximate surface area is 167 Å². The first-order valence-electron chi connectivity index (χ1n) is 8.63. The maximum absolute atomic E-state index is 6.50. The van der Waals surface area contributed by atoms with E-state index in [1.807, 2.05) is 41.9 Å². The summed E-state index contributed by atoms with van der Waals surface area (Å²) >= 11 is 18.9. The Kier molecular flexibility index (Phi) is 4.87. The van der Waals surface area contributed by atoms with E-state index in [0.717, 1.165) is 59.2 Å². The summed E-state index contributed by atoms with van der Waals surface area (Å²) in [6.45, 7) is 2.96. The van der Waals surface area contributed by atoms with E-state index in [9.17, 15) is 0 Å². The Bertz CT molecular complexity index is 979. The standard InChI is InChI=1S/C20H18Cl3N3/c1-12-11-13(21)8-9-17(12)26-20-15(5-2-3-10-24-20)19(25-26)14-6-4-7-16(22)18(14)23/h4,6-9,11,24H,2-3,5,10H2,1H3. The van der Waals surface area contributed by atoms with Crippen LogP contribution in [-0.4, -0.2) is 16.3 Å². The molecule has 1 aliphatic heterocycles. The van der Waals surface area contributed by atoms with Gasteiger partial charge in [-0.1, -0.05) is 46.9 Å². The maximum Gasteiger partial charge on any atom is 0.133 e. The van der Waals surface area contributed by atoms with Crippen molar-refractivity contribution in [2.24, 2.45) is 0 Å². The molecular formula is C20H18Cl3N3. The molecule has 0 saturated heterocycles. The van der Waals surface area contributed by atoms with Gasteiger partial charge in [0.15, 0.2) is 0 Å². The summed E-state index contributed by atoms with van der Waals surface area (Å²) in [7, 11) is 0. The number of hydrogen-bond donors (Lipinski definition) is 1. The third-order valence-corrected chi connectivity index (χ3v) is 5.78. The van der Waals surface area contributed by atoms with Crippen molar-refractivity contribution in [3.63, 3.8) is 0 Å². The zero-order valence-corrected chi connectivity index (χ0v) is 16.6. The summed E-state index contributed by atoms with van der Waals surface area (Å²) in [5, 5.41) is 10.3. The molecule has 3 nitrogen and oxygen atoms in total. The Morgan fingerprint density at radius 2 is 1.92 bits per heavy atom. The molecule has 2 aromatic carbocycles. The Balaban J connectivity index is 1.96. The fourth-order valence-corrected chi connectivity index (χ4v) is 4.05. The normalized spacial score (nSPS) is 13.8. The van der Waals surface area contributed by atoms with Crippen LogP contribution in [0.4, 0.5) is 5.82 Å². The zero-order valence-electron chi connectivity index (χ0n) is 14.3. The van der Waals surface area contributed by atoms with Crippen LogP contribution in [0.1, 0.15) is 24.0 Å². The van der Waals surface area contributed by atoms with Crippen molar-refractivity contribution in [2.45, 2.75) is 26.2 Å². The molecule has 0 radical (unpaired) electrons. The van der Waals surface area contributed by atoms with Gasteiger partial charge >= 0.3 is 0 Å². The summed E-state index contributed by atoms with van der Waals surface area (Å²) in [5.41, 5.74) is 5.00. The molecule has 0 amide bonds. The second kappa shape index (κ2) is 7.15. The summed E-state index contributed by atoms with van der Waals surface area (Å²) < 4.78 is 1.97. The average Bonchev–Trinajstić information content (AvgIpc) is 2.79. The van der Waals surface area contributed by atoms with Gasteiger partial charge in [-0.15, -0.1) is 0 Å². The number of halogens is 3. The van der Waals surface area contributed by atoms with Gasteiger partial charge in [0.1, 0.15) is 5.82 Å². The molecule has 134 valence electrons. The first-order chi connectivity index (χ1) is 12.6. The Morgan fingerprint density at radius 3 is 2.73 bits per heavy atom. The molecule has 0 spiro atoms. The number of hydrogen-bond acceptors (Lipinski definition) is 2. The number of rotatable bonds is 2. The Hall–Kier alpha value is -1.68. The molecule has 0 atom stereocenters. The zero-order chi connectivity index (χ0) is 18.3. The number of nitrogens with one attached hydrogen (secondary N) is 1. The first kappa shape index (κ1) is 17.7. The van der Waals surface area contributed by atoms with Crippen LogP contribution >= 0.6 is 34.8 Å². The molecule has 1 N–H and O–H groups in total. The fraction of sp³-hybridized carbons (Fsp3) is 0.250. The van der Waals surface area contributed by atoms with E-state index < -0.39 is 0 Å². The van der Waals surface area contributed by atoms with Gasteiger partial charge < -0.3 is 5.32 Å². The molecule has 0 unspecified atom stereocenters. The van der Waals surface area contributed by atoms with Gasteiger partial charge in [-0.2, -0.15) is 5.10 Å². The van der Waals surface area contributed by atoms with Crippen LogP contribution in [0.15, 0.2) is 36.4 Å². The molecule has 1 aromatic heterocycles. The lowest BCUT2D eigenvalue weighted by Gasteiger charge is -2.11. The average molecular weight is 407 g/mol. The van der Waals surface area contributed by atoms with E-state index in [0.29, 0.717) is 10.0 Å². The van der Waals surface area contributed by atoms with Crippen LogP contribution in [-0.2, 0) is 6.42 Å². The molecule has 6 heteroatoms. The largest absolute Gasteiger partial charge is 0.370 e. The molecule has 3 aromatic rings. The highest BCUT2D eigenvalue weighted by atomic mass is 35.5. The number of benzene rings is 2. The van der Waals surface area contributed by atoms with Crippen LogP contribution < -0.4 is 5.32 Å². The van der Waals surface area contributed by atoms with Gasteiger partial charge in [0.2, 0.25) is 0 Å². The molecule has 1 aliphatic rings. The van der Waals surface area contributed by atoms with Crippen LogP contribution in [0, 0.1) is 6.92 Å². The number of aromatic nitrogens is 2. The lowest BCUT2D eigenvalue weighted by Crippen LogP contribution is -2.08. The molecule has 0 saturated carbocycles. The summed E-state index contributed by atoms with van der Waals surface area (Å²) in [6, 6.07) is 11.5. The van der Waals surface area contributed by atoms with Crippen LogP contribution in [0.2, 0.25) is 15.1 Å². The van der Waals surface area contributed by atoms with E-state index in [1.165, 1.54) is 5.56 Å². The van der Waals surface area contributed by atoms with Crippen molar-refractivity contribution in [2.75, 3.05) is 11.9 Å². The van der Waals surface area contributed by atoms with Crippen LogP contribution in [0.5, 0.6) is 0 Å². The lowest BCUT2D eigenvalue weighted by molar-refractivity contribution is 0.779. The van der Waals surface area contributed by atoms with Gasteiger partial charge in [-0.25, -0.2) is 4.68 Å². The molecule has 0 fully saturated rings. The SMILES string of the molecule is Cc1cc(Cl)ccc1-n1nc(-c2cccc(Cl)c2Cl)c2c1NCCCC2. The smallest absolute Gasteiger partial charge is 0.133 e.